The molecule has 0 radical (unpaired) electrons. The molecule has 5 nitrogen and oxygen atoms in total. The molecule has 0 aliphatic carbocycles. The summed E-state index contributed by atoms with van der Waals surface area (Å²) in [7, 11) is 0. The minimum absolute atomic E-state index is 0.114. The molecule has 0 aromatic heterocycles. The zero-order valence-electron chi connectivity index (χ0n) is 14.7. The van der Waals surface area contributed by atoms with E-state index in [1.807, 2.05) is 27.7 Å². The normalized spacial score (nSPS) is 18.0. The number of esters is 1. The Kier molecular flexibility index (Phi) is 6.69. The Morgan fingerprint density at radius 1 is 1.18 bits per heavy atom. The number of likely N-dealkylation sites (tertiary alicyclic amines) is 1. The molecule has 1 saturated heterocycles. The summed E-state index contributed by atoms with van der Waals surface area (Å²) in [5.41, 5.74) is -0.248. The van der Waals surface area contributed by atoms with E-state index in [4.69, 9.17) is 9.47 Å². The molecule has 5 heteroatoms. The van der Waals surface area contributed by atoms with Crippen molar-refractivity contribution in [3.63, 3.8) is 0 Å². The molecule has 0 unspecified atom stereocenters. The summed E-state index contributed by atoms with van der Waals surface area (Å²) in [6.45, 7) is 11.6. The van der Waals surface area contributed by atoms with E-state index in [2.05, 4.69) is 6.92 Å². The summed E-state index contributed by atoms with van der Waals surface area (Å²) in [5.74, 6) is -0.114. The molecular formula is C17H31NO4. The van der Waals surface area contributed by atoms with Crippen LogP contribution in [0.1, 0.15) is 66.7 Å². The second kappa shape index (κ2) is 7.84. The van der Waals surface area contributed by atoms with E-state index < -0.39 is 5.60 Å². The van der Waals surface area contributed by atoms with Gasteiger partial charge in [-0.25, -0.2) is 4.79 Å². The maximum Gasteiger partial charge on any atom is 0.410 e. The average Bonchev–Trinajstić information content (AvgIpc) is 2.37. The third kappa shape index (κ3) is 6.67. The lowest BCUT2D eigenvalue weighted by Crippen LogP contribution is -2.44. The summed E-state index contributed by atoms with van der Waals surface area (Å²) in [6, 6.07) is 0. The molecule has 1 amide bonds. The number of piperidine rings is 1. The Morgan fingerprint density at radius 3 is 2.27 bits per heavy atom. The molecule has 128 valence electrons. The number of nitrogens with zero attached hydrogens (tertiary/aromatic N) is 1. The van der Waals surface area contributed by atoms with Crippen molar-refractivity contribution in [2.24, 2.45) is 5.41 Å². The van der Waals surface area contributed by atoms with Gasteiger partial charge in [-0.05, 0) is 58.8 Å². The third-order valence-corrected chi connectivity index (χ3v) is 4.09. The Bertz CT molecular complexity index is 379. The first-order chi connectivity index (χ1) is 10.2. The Hall–Kier alpha value is -1.26. The van der Waals surface area contributed by atoms with Gasteiger partial charge in [0, 0.05) is 19.5 Å². The second-order valence-corrected chi connectivity index (χ2v) is 7.44. The minimum atomic E-state index is -0.447. The van der Waals surface area contributed by atoms with E-state index in [0.717, 1.165) is 38.8 Å². The van der Waals surface area contributed by atoms with Gasteiger partial charge in [-0.15, -0.1) is 0 Å². The molecule has 0 saturated carbocycles. The van der Waals surface area contributed by atoms with Crippen LogP contribution in [0.4, 0.5) is 4.79 Å². The summed E-state index contributed by atoms with van der Waals surface area (Å²) in [5, 5.41) is 0. The number of carbonyl (C=O) groups is 2. The maximum atomic E-state index is 12.0. The fourth-order valence-electron chi connectivity index (χ4n) is 2.70. The lowest BCUT2D eigenvalue weighted by molar-refractivity contribution is -0.143. The quantitative estimate of drug-likeness (QED) is 0.725. The maximum absolute atomic E-state index is 12.0. The lowest BCUT2D eigenvalue weighted by atomic mass is 9.76. The highest BCUT2D eigenvalue weighted by atomic mass is 16.6. The van der Waals surface area contributed by atoms with Crippen LogP contribution in [0.25, 0.3) is 0 Å². The molecular weight excluding hydrogens is 282 g/mol. The Labute approximate surface area is 134 Å². The zero-order chi connectivity index (χ0) is 16.8. The Balaban J connectivity index is 2.34. The van der Waals surface area contributed by atoms with E-state index >= 15 is 0 Å². The van der Waals surface area contributed by atoms with Crippen molar-refractivity contribution in [2.45, 2.75) is 72.3 Å². The molecule has 0 aromatic carbocycles. The molecule has 0 N–H and O–H groups in total. The van der Waals surface area contributed by atoms with Crippen LogP contribution in [0, 0.1) is 5.41 Å². The molecule has 1 heterocycles. The fourth-order valence-corrected chi connectivity index (χ4v) is 2.70. The standard InChI is InChI=1S/C17H31NO4/c1-6-21-14(19)8-7-9-17(5)10-12-18(13-11-17)15(20)22-16(2,3)4/h6-13H2,1-5H3. The van der Waals surface area contributed by atoms with Crippen LogP contribution < -0.4 is 0 Å². The van der Waals surface area contributed by atoms with Crippen LogP contribution in [0.15, 0.2) is 0 Å². The summed E-state index contributed by atoms with van der Waals surface area (Å²) < 4.78 is 10.4. The minimum Gasteiger partial charge on any atom is -0.466 e. The van der Waals surface area contributed by atoms with Crippen LogP contribution in [-0.4, -0.2) is 42.3 Å². The van der Waals surface area contributed by atoms with E-state index in [-0.39, 0.29) is 17.5 Å². The molecule has 0 aromatic rings. The average molecular weight is 313 g/mol. The molecule has 1 aliphatic rings. The monoisotopic (exact) mass is 313 g/mol. The highest BCUT2D eigenvalue weighted by Crippen LogP contribution is 2.36. The second-order valence-electron chi connectivity index (χ2n) is 7.44. The molecule has 1 rings (SSSR count). The predicted octanol–water partition coefficient (Wildman–Crippen LogP) is 3.76. The van der Waals surface area contributed by atoms with Crippen molar-refractivity contribution >= 4 is 12.1 Å². The van der Waals surface area contributed by atoms with Gasteiger partial charge in [0.1, 0.15) is 5.60 Å². The van der Waals surface area contributed by atoms with Crippen LogP contribution in [-0.2, 0) is 14.3 Å². The van der Waals surface area contributed by atoms with Gasteiger partial charge in [-0.1, -0.05) is 6.92 Å². The lowest BCUT2D eigenvalue weighted by Gasteiger charge is -2.39. The van der Waals surface area contributed by atoms with Crippen LogP contribution >= 0.6 is 0 Å². The number of rotatable bonds is 5. The van der Waals surface area contributed by atoms with E-state index in [1.165, 1.54) is 0 Å². The van der Waals surface area contributed by atoms with Gasteiger partial charge in [0.05, 0.1) is 6.61 Å². The SMILES string of the molecule is CCOC(=O)CCCC1(C)CCN(C(=O)OC(C)(C)C)CC1. The molecule has 1 fully saturated rings. The fraction of sp³-hybridized carbons (Fsp3) is 0.882. The zero-order valence-corrected chi connectivity index (χ0v) is 14.7. The number of carbonyl (C=O) groups excluding carboxylic acids is 2. The van der Waals surface area contributed by atoms with Gasteiger partial charge in [-0.3, -0.25) is 4.79 Å². The predicted molar refractivity (Wildman–Crippen MR) is 85.6 cm³/mol. The van der Waals surface area contributed by atoms with Gasteiger partial charge < -0.3 is 14.4 Å². The smallest absolute Gasteiger partial charge is 0.410 e. The molecule has 0 spiro atoms. The summed E-state index contributed by atoms with van der Waals surface area (Å²) in [6.07, 6.45) is 4.01. The Morgan fingerprint density at radius 2 is 1.77 bits per heavy atom. The van der Waals surface area contributed by atoms with Crippen molar-refractivity contribution in [2.75, 3.05) is 19.7 Å². The van der Waals surface area contributed by atoms with Gasteiger partial charge in [0.25, 0.3) is 0 Å². The van der Waals surface area contributed by atoms with E-state index in [0.29, 0.717) is 13.0 Å². The highest BCUT2D eigenvalue weighted by Gasteiger charge is 2.33. The van der Waals surface area contributed by atoms with Gasteiger partial charge >= 0.3 is 12.1 Å². The van der Waals surface area contributed by atoms with Gasteiger partial charge in [0.15, 0.2) is 0 Å². The van der Waals surface area contributed by atoms with Gasteiger partial charge in [0.2, 0.25) is 0 Å². The number of hydrogen-bond donors (Lipinski definition) is 0. The van der Waals surface area contributed by atoms with Crippen molar-refractivity contribution in [1.82, 2.24) is 4.90 Å². The van der Waals surface area contributed by atoms with Crippen molar-refractivity contribution < 1.29 is 19.1 Å². The number of ether oxygens (including phenoxy) is 2. The number of hydrogen-bond acceptors (Lipinski definition) is 4. The van der Waals surface area contributed by atoms with Crippen molar-refractivity contribution in [3.8, 4) is 0 Å². The molecule has 0 bridgehead atoms. The van der Waals surface area contributed by atoms with Crippen LogP contribution in [0.5, 0.6) is 0 Å². The van der Waals surface area contributed by atoms with Crippen LogP contribution in [0.2, 0.25) is 0 Å². The topological polar surface area (TPSA) is 55.8 Å². The first kappa shape index (κ1) is 18.8. The molecule has 22 heavy (non-hydrogen) atoms. The first-order valence-corrected chi connectivity index (χ1v) is 8.29. The van der Waals surface area contributed by atoms with E-state index in [9.17, 15) is 9.59 Å². The largest absolute Gasteiger partial charge is 0.466 e. The molecule has 1 aliphatic heterocycles. The first-order valence-electron chi connectivity index (χ1n) is 8.29. The highest BCUT2D eigenvalue weighted by molar-refractivity contribution is 5.69. The van der Waals surface area contributed by atoms with Crippen molar-refractivity contribution in [3.05, 3.63) is 0 Å². The van der Waals surface area contributed by atoms with Crippen molar-refractivity contribution in [1.29, 1.82) is 0 Å². The summed E-state index contributed by atoms with van der Waals surface area (Å²) in [4.78, 5) is 25.2. The molecule has 0 atom stereocenters. The number of amides is 1. The van der Waals surface area contributed by atoms with E-state index in [1.54, 1.807) is 4.90 Å². The summed E-state index contributed by atoms with van der Waals surface area (Å²) >= 11 is 0. The van der Waals surface area contributed by atoms with Crippen LogP contribution in [0.3, 0.4) is 0 Å². The van der Waals surface area contributed by atoms with Gasteiger partial charge in [-0.2, -0.15) is 0 Å². The third-order valence-electron chi connectivity index (χ3n) is 4.09.